The molecular formula is C36H46FN5O10S. The minimum absolute atomic E-state index is 0.0490. The highest BCUT2D eigenvalue weighted by Crippen LogP contribution is 2.45. The van der Waals surface area contributed by atoms with E-state index in [0.29, 0.717) is 24.0 Å². The monoisotopic (exact) mass is 759 g/mol. The summed E-state index contributed by atoms with van der Waals surface area (Å²) in [5.74, 6) is -3.96. The van der Waals surface area contributed by atoms with Gasteiger partial charge in [-0.2, -0.15) is 0 Å². The van der Waals surface area contributed by atoms with E-state index in [1.54, 1.807) is 33.8 Å². The number of nitrogens with zero attached hydrogens (tertiary/aromatic N) is 2. The van der Waals surface area contributed by atoms with Crippen LogP contribution in [0.2, 0.25) is 0 Å². The zero-order valence-electron chi connectivity index (χ0n) is 30.2. The Bertz CT molecular complexity index is 1820. The van der Waals surface area contributed by atoms with Gasteiger partial charge in [-0.1, -0.05) is 24.3 Å². The molecule has 15 nitrogen and oxygen atoms in total. The lowest BCUT2D eigenvalue weighted by Crippen LogP contribution is -2.58. The molecule has 5 rings (SSSR count). The Labute approximate surface area is 307 Å². The largest absolute Gasteiger partial charge is 0.444 e. The van der Waals surface area contributed by atoms with E-state index in [4.69, 9.17) is 9.47 Å². The summed E-state index contributed by atoms with van der Waals surface area (Å²) in [6.07, 6.45) is 1.77. The number of alkyl carbamates (subject to hydrolysis) is 1. The molecule has 3 fully saturated rings. The highest BCUT2D eigenvalue weighted by atomic mass is 32.2. The van der Waals surface area contributed by atoms with Crippen LogP contribution in [0, 0.1) is 11.7 Å². The number of likely N-dealkylation sites (tertiary alicyclic amines) is 1. The molecule has 0 spiro atoms. The van der Waals surface area contributed by atoms with Crippen molar-refractivity contribution in [3.63, 3.8) is 0 Å². The third-order valence-electron chi connectivity index (χ3n) is 9.57. The number of carbonyl (C=O) groups excluding carboxylic acids is 6. The molecular weight excluding hydrogens is 713 g/mol. The van der Waals surface area contributed by atoms with E-state index in [-0.39, 0.29) is 51.1 Å². The number of halogens is 1. The number of nitrogens with one attached hydrogen (secondary N) is 3. The molecule has 2 heterocycles. The molecule has 1 aromatic carbocycles. The Morgan fingerprint density at radius 2 is 1.85 bits per heavy atom. The molecule has 0 aromatic heterocycles. The van der Waals surface area contributed by atoms with Crippen molar-refractivity contribution in [1.29, 1.82) is 0 Å². The number of benzene rings is 1. The smallest absolute Gasteiger partial charge is 0.410 e. The predicted octanol–water partition coefficient (Wildman–Crippen LogP) is 2.74. The van der Waals surface area contributed by atoms with Crippen molar-refractivity contribution in [3.8, 4) is 0 Å². The van der Waals surface area contributed by atoms with Gasteiger partial charge in [-0.3, -0.25) is 28.8 Å². The SMILES string of the molecule is C=C[C@@H]1C[C@]1(NC(=O)[C@@H]1CC(OC(=O)N2Cc3cccc(F)c3C2)CN1C(=O)[C@H](CCC(=O)C=CC)NC(=O)OC(C)(C)C)C(=O)NS(=O)(=O)C1CC1. The highest BCUT2D eigenvalue weighted by Gasteiger charge is 2.62. The van der Waals surface area contributed by atoms with Crippen LogP contribution in [-0.4, -0.2) is 95.0 Å². The van der Waals surface area contributed by atoms with Crippen molar-refractivity contribution >= 4 is 45.7 Å². The Morgan fingerprint density at radius 1 is 1.13 bits per heavy atom. The van der Waals surface area contributed by atoms with Gasteiger partial charge >= 0.3 is 12.2 Å². The first-order chi connectivity index (χ1) is 24.9. The van der Waals surface area contributed by atoms with Gasteiger partial charge in [0.1, 0.15) is 35.1 Å². The average molecular weight is 760 g/mol. The van der Waals surface area contributed by atoms with E-state index in [1.807, 2.05) is 0 Å². The summed E-state index contributed by atoms with van der Waals surface area (Å²) in [7, 11) is -3.97. The number of rotatable bonds is 13. The van der Waals surface area contributed by atoms with Crippen molar-refractivity contribution in [1.82, 2.24) is 25.2 Å². The molecule has 2 aliphatic carbocycles. The van der Waals surface area contributed by atoms with Crippen molar-refractivity contribution in [2.24, 2.45) is 5.92 Å². The predicted molar refractivity (Wildman–Crippen MR) is 188 cm³/mol. The topological polar surface area (TPSA) is 198 Å². The number of allylic oxidation sites excluding steroid dienone is 2. The third kappa shape index (κ3) is 9.23. The Kier molecular flexibility index (Phi) is 11.4. The van der Waals surface area contributed by atoms with Crippen LogP contribution >= 0.6 is 0 Å². The molecule has 1 saturated heterocycles. The van der Waals surface area contributed by atoms with Gasteiger partial charge in [0.05, 0.1) is 18.3 Å². The van der Waals surface area contributed by atoms with Crippen LogP contribution in [-0.2, 0) is 51.8 Å². The maximum Gasteiger partial charge on any atom is 0.410 e. The number of fused-ring (bicyclic) bond motifs is 1. The van der Waals surface area contributed by atoms with E-state index in [0.717, 1.165) is 4.90 Å². The molecule has 5 amide bonds. The van der Waals surface area contributed by atoms with Gasteiger partial charge in [0.2, 0.25) is 21.8 Å². The first kappa shape index (κ1) is 39.4. The minimum atomic E-state index is -3.97. The zero-order valence-corrected chi connectivity index (χ0v) is 31.0. The minimum Gasteiger partial charge on any atom is -0.444 e. The van der Waals surface area contributed by atoms with Crippen LogP contribution < -0.4 is 15.4 Å². The second kappa shape index (κ2) is 15.3. The van der Waals surface area contributed by atoms with Gasteiger partial charge < -0.3 is 25.0 Å². The second-order valence-corrected chi connectivity index (χ2v) is 16.8. The number of hydrogen-bond acceptors (Lipinski definition) is 10. The number of sulfonamides is 1. The lowest BCUT2D eigenvalue weighted by molar-refractivity contribution is -0.141. The average Bonchev–Trinajstić information content (AvgIpc) is 3.96. The fraction of sp³-hybridized carbons (Fsp3) is 0.556. The Balaban J connectivity index is 1.39. The fourth-order valence-corrected chi connectivity index (χ4v) is 7.95. The first-order valence-electron chi connectivity index (χ1n) is 17.6. The Hall–Kier alpha value is -4.80. The lowest BCUT2D eigenvalue weighted by Gasteiger charge is -2.30. The summed E-state index contributed by atoms with van der Waals surface area (Å²) in [4.78, 5) is 82.8. The second-order valence-electron chi connectivity index (χ2n) is 14.9. The number of hydrogen-bond donors (Lipinski definition) is 3. The van der Waals surface area contributed by atoms with Crippen LogP contribution in [0.3, 0.4) is 0 Å². The lowest BCUT2D eigenvalue weighted by atomic mass is 10.1. The molecule has 2 saturated carbocycles. The maximum atomic E-state index is 14.4. The summed E-state index contributed by atoms with van der Waals surface area (Å²) >= 11 is 0. The quantitative estimate of drug-likeness (QED) is 0.199. The first-order valence-corrected chi connectivity index (χ1v) is 19.1. The normalized spacial score (nSPS) is 24.2. The van der Waals surface area contributed by atoms with E-state index >= 15 is 0 Å². The van der Waals surface area contributed by atoms with Crippen LogP contribution in [0.4, 0.5) is 14.0 Å². The summed E-state index contributed by atoms with van der Waals surface area (Å²) in [5, 5.41) is 4.46. The van der Waals surface area contributed by atoms with E-state index in [9.17, 15) is 41.6 Å². The van der Waals surface area contributed by atoms with Crippen LogP contribution in [0.1, 0.15) is 77.3 Å². The zero-order chi connectivity index (χ0) is 38.9. The third-order valence-corrected chi connectivity index (χ3v) is 11.4. The number of amides is 5. The summed E-state index contributed by atoms with van der Waals surface area (Å²) in [5.41, 5.74) is -1.64. The molecule has 2 aliphatic heterocycles. The van der Waals surface area contributed by atoms with E-state index in [1.165, 1.54) is 35.3 Å². The molecule has 1 aromatic rings. The fourth-order valence-electron chi connectivity index (χ4n) is 6.58. The van der Waals surface area contributed by atoms with Crippen LogP contribution in [0.5, 0.6) is 0 Å². The molecule has 5 atom stereocenters. The van der Waals surface area contributed by atoms with Crippen molar-refractivity contribution in [2.75, 3.05) is 6.54 Å². The Morgan fingerprint density at radius 3 is 2.45 bits per heavy atom. The molecule has 0 bridgehead atoms. The maximum absolute atomic E-state index is 14.4. The summed E-state index contributed by atoms with van der Waals surface area (Å²) in [6.45, 7) is 9.95. The van der Waals surface area contributed by atoms with E-state index < -0.39 is 86.2 Å². The molecule has 0 radical (unpaired) electrons. The van der Waals surface area contributed by atoms with E-state index in [2.05, 4.69) is 21.9 Å². The van der Waals surface area contributed by atoms with Gasteiger partial charge in [0.15, 0.2) is 5.78 Å². The number of ketones is 1. The summed E-state index contributed by atoms with van der Waals surface area (Å²) in [6, 6.07) is 1.79. The summed E-state index contributed by atoms with van der Waals surface area (Å²) < 4.78 is 52.9. The van der Waals surface area contributed by atoms with Crippen molar-refractivity contribution < 1.29 is 51.0 Å². The number of carbonyl (C=O) groups is 6. The van der Waals surface area contributed by atoms with Gasteiger partial charge in [0, 0.05) is 30.9 Å². The van der Waals surface area contributed by atoms with Gasteiger partial charge in [-0.25, -0.2) is 22.4 Å². The van der Waals surface area contributed by atoms with Crippen molar-refractivity contribution in [2.45, 2.75) is 114 Å². The molecule has 288 valence electrons. The van der Waals surface area contributed by atoms with Gasteiger partial charge in [-0.05, 0) is 71.1 Å². The number of ether oxygens (including phenoxy) is 2. The van der Waals surface area contributed by atoms with Gasteiger partial charge in [0.25, 0.3) is 5.91 Å². The molecule has 53 heavy (non-hydrogen) atoms. The molecule has 17 heteroatoms. The standard InChI is InChI=1S/C36H46FN5O10S/c1-6-9-23(43)12-15-28(38-33(47)52-35(3,4)5)31(45)42-19-24(51-34(48)41-18-21-10-8-11-27(37)26(21)20-41)16-29(42)30(44)39-36(17-22(36)7-2)32(46)40-53(49,50)25-13-14-25/h6-11,22,24-25,28-29H,2,12-20H2,1,3-5H3,(H,38,47)(H,39,44)(H,40,46)/t22-,24?,28+,29+,36-/m1/s1. The van der Waals surface area contributed by atoms with Crippen LogP contribution in [0.15, 0.2) is 43.0 Å². The molecule has 4 aliphatic rings. The highest BCUT2D eigenvalue weighted by molar-refractivity contribution is 7.91. The van der Waals surface area contributed by atoms with Crippen LogP contribution in [0.25, 0.3) is 0 Å². The van der Waals surface area contributed by atoms with Gasteiger partial charge in [-0.15, -0.1) is 6.58 Å². The molecule has 1 unspecified atom stereocenters. The van der Waals surface area contributed by atoms with Crippen molar-refractivity contribution in [3.05, 3.63) is 60.0 Å². The molecule has 3 N–H and O–H groups in total.